The van der Waals surface area contributed by atoms with Crippen molar-refractivity contribution in [2.24, 2.45) is 5.41 Å². The first kappa shape index (κ1) is 13.1. The number of hydrogen-bond acceptors (Lipinski definition) is 2. The minimum atomic E-state index is 0.571. The van der Waals surface area contributed by atoms with Gasteiger partial charge in [0.25, 0.3) is 0 Å². The lowest BCUT2D eigenvalue weighted by Crippen LogP contribution is -2.43. The number of nitrogens with one attached hydrogen (secondary N) is 1. The fraction of sp³-hybridized carbons (Fsp3) is 0.647. The summed E-state index contributed by atoms with van der Waals surface area (Å²) in [6.45, 7) is 8.37. The van der Waals surface area contributed by atoms with E-state index in [0.717, 1.165) is 13.1 Å². The Morgan fingerprint density at radius 3 is 2.32 bits per heavy atom. The van der Waals surface area contributed by atoms with E-state index in [9.17, 15) is 0 Å². The smallest absolute Gasteiger partial charge is 0.0240 e. The van der Waals surface area contributed by atoms with Crippen molar-refractivity contribution in [3.63, 3.8) is 0 Å². The molecule has 3 rings (SSSR count). The number of fused-ring (bicyclic) bond motifs is 1. The van der Waals surface area contributed by atoms with Crippen LogP contribution in [-0.2, 0) is 13.1 Å². The zero-order chi connectivity index (χ0) is 13.1. The molecule has 2 heterocycles. The van der Waals surface area contributed by atoms with E-state index in [1.165, 1.54) is 45.3 Å². The average molecular weight is 258 g/mol. The molecule has 1 fully saturated rings. The lowest BCUT2D eigenvalue weighted by atomic mass is 9.75. The van der Waals surface area contributed by atoms with Gasteiger partial charge in [-0.15, -0.1) is 0 Å². The van der Waals surface area contributed by atoms with Crippen LogP contribution in [0.15, 0.2) is 24.3 Å². The summed E-state index contributed by atoms with van der Waals surface area (Å²) in [5.41, 5.74) is 3.66. The van der Waals surface area contributed by atoms with Gasteiger partial charge in [-0.25, -0.2) is 0 Å². The summed E-state index contributed by atoms with van der Waals surface area (Å²) in [6, 6.07) is 8.94. The SMILES string of the molecule is CCCC1(CN2Cc3ccccc3C2)CCNCC1. The van der Waals surface area contributed by atoms with Crippen molar-refractivity contribution in [2.45, 2.75) is 45.7 Å². The largest absolute Gasteiger partial charge is 0.317 e. The molecule has 1 saturated heterocycles. The maximum Gasteiger partial charge on any atom is 0.0240 e. The first-order chi connectivity index (χ1) is 9.31. The van der Waals surface area contributed by atoms with Gasteiger partial charge in [0.1, 0.15) is 0 Å². The number of piperidine rings is 1. The first-order valence-electron chi connectivity index (χ1n) is 7.81. The van der Waals surface area contributed by atoms with Crippen molar-refractivity contribution in [2.75, 3.05) is 19.6 Å². The summed E-state index contributed by atoms with van der Waals surface area (Å²) in [5, 5.41) is 3.52. The molecule has 1 N–H and O–H groups in total. The summed E-state index contributed by atoms with van der Waals surface area (Å²) in [5.74, 6) is 0. The van der Waals surface area contributed by atoms with E-state index in [1.54, 1.807) is 11.1 Å². The molecule has 0 bridgehead atoms. The molecule has 104 valence electrons. The molecule has 0 spiro atoms. The zero-order valence-electron chi connectivity index (χ0n) is 12.1. The molecule has 2 nitrogen and oxygen atoms in total. The topological polar surface area (TPSA) is 15.3 Å². The Kier molecular flexibility index (Phi) is 3.90. The second kappa shape index (κ2) is 5.64. The first-order valence-corrected chi connectivity index (χ1v) is 7.81. The Morgan fingerprint density at radius 1 is 1.11 bits per heavy atom. The molecular formula is C17H26N2. The molecule has 0 amide bonds. The van der Waals surface area contributed by atoms with Crippen molar-refractivity contribution in [1.82, 2.24) is 10.2 Å². The van der Waals surface area contributed by atoms with Gasteiger partial charge in [-0.05, 0) is 48.9 Å². The molecule has 1 aromatic rings. The fourth-order valence-corrected chi connectivity index (χ4v) is 3.96. The van der Waals surface area contributed by atoms with E-state index in [-0.39, 0.29) is 0 Å². The van der Waals surface area contributed by atoms with E-state index >= 15 is 0 Å². The molecular weight excluding hydrogens is 232 g/mol. The standard InChI is InChI=1S/C17H26N2/c1-2-7-17(8-10-18-11-9-17)14-19-12-15-5-3-4-6-16(15)13-19/h3-6,18H,2,7-14H2,1H3. The average Bonchev–Trinajstić information content (AvgIpc) is 2.81. The normalized spacial score (nSPS) is 22.4. The van der Waals surface area contributed by atoms with Crippen LogP contribution in [0.1, 0.15) is 43.7 Å². The molecule has 0 aliphatic carbocycles. The van der Waals surface area contributed by atoms with Crippen LogP contribution >= 0.6 is 0 Å². The highest BCUT2D eigenvalue weighted by Crippen LogP contribution is 2.37. The molecule has 0 aromatic heterocycles. The minimum Gasteiger partial charge on any atom is -0.317 e. The van der Waals surface area contributed by atoms with Gasteiger partial charge in [0.05, 0.1) is 0 Å². The highest BCUT2D eigenvalue weighted by atomic mass is 15.1. The van der Waals surface area contributed by atoms with Crippen molar-refractivity contribution in [3.8, 4) is 0 Å². The van der Waals surface area contributed by atoms with E-state index in [2.05, 4.69) is 41.4 Å². The molecule has 2 aliphatic rings. The van der Waals surface area contributed by atoms with Crippen LogP contribution in [0.3, 0.4) is 0 Å². The molecule has 2 heteroatoms. The Balaban J connectivity index is 1.67. The zero-order valence-corrected chi connectivity index (χ0v) is 12.1. The van der Waals surface area contributed by atoms with Crippen LogP contribution in [0.5, 0.6) is 0 Å². The number of rotatable bonds is 4. The molecule has 19 heavy (non-hydrogen) atoms. The van der Waals surface area contributed by atoms with Crippen LogP contribution < -0.4 is 5.32 Å². The second-order valence-electron chi connectivity index (χ2n) is 6.41. The number of nitrogens with zero attached hydrogens (tertiary/aromatic N) is 1. The van der Waals surface area contributed by atoms with Crippen LogP contribution in [-0.4, -0.2) is 24.5 Å². The Hall–Kier alpha value is -0.860. The predicted molar refractivity (Wildman–Crippen MR) is 80.0 cm³/mol. The molecule has 2 aliphatic heterocycles. The molecule has 0 atom stereocenters. The van der Waals surface area contributed by atoms with Gasteiger partial charge < -0.3 is 5.32 Å². The maximum atomic E-state index is 3.52. The van der Waals surface area contributed by atoms with E-state index < -0.39 is 0 Å². The summed E-state index contributed by atoms with van der Waals surface area (Å²) in [4.78, 5) is 2.67. The van der Waals surface area contributed by atoms with Gasteiger partial charge >= 0.3 is 0 Å². The minimum absolute atomic E-state index is 0.571. The van der Waals surface area contributed by atoms with Crippen LogP contribution in [0, 0.1) is 5.41 Å². The van der Waals surface area contributed by atoms with Crippen molar-refractivity contribution in [3.05, 3.63) is 35.4 Å². The van der Waals surface area contributed by atoms with Gasteiger partial charge in [-0.2, -0.15) is 0 Å². The second-order valence-corrected chi connectivity index (χ2v) is 6.41. The number of hydrogen-bond donors (Lipinski definition) is 1. The number of benzene rings is 1. The lowest BCUT2D eigenvalue weighted by Gasteiger charge is -2.40. The molecule has 0 radical (unpaired) electrons. The van der Waals surface area contributed by atoms with Gasteiger partial charge in [-0.3, -0.25) is 4.90 Å². The highest BCUT2D eigenvalue weighted by molar-refractivity contribution is 5.30. The fourth-order valence-electron chi connectivity index (χ4n) is 3.96. The molecule has 1 aromatic carbocycles. The Morgan fingerprint density at radius 2 is 1.74 bits per heavy atom. The third-order valence-electron chi connectivity index (χ3n) is 4.91. The summed E-state index contributed by atoms with van der Waals surface area (Å²) >= 11 is 0. The van der Waals surface area contributed by atoms with E-state index in [1.807, 2.05) is 0 Å². The maximum absolute atomic E-state index is 3.52. The molecule has 0 unspecified atom stereocenters. The third kappa shape index (κ3) is 2.85. The van der Waals surface area contributed by atoms with Crippen LogP contribution in [0.25, 0.3) is 0 Å². The quantitative estimate of drug-likeness (QED) is 0.892. The predicted octanol–water partition coefficient (Wildman–Crippen LogP) is 3.17. The Labute approximate surface area is 117 Å². The van der Waals surface area contributed by atoms with Crippen molar-refractivity contribution < 1.29 is 0 Å². The van der Waals surface area contributed by atoms with Gasteiger partial charge in [0.2, 0.25) is 0 Å². The van der Waals surface area contributed by atoms with E-state index in [4.69, 9.17) is 0 Å². The summed E-state index contributed by atoms with van der Waals surface area (Å²) in [7, 11) is 0. The third-order valence-corrected chi connectivity index (χ3v) is 4.91. The van der Waals surface area contributed by atoms with Gasteiger partial charge in [0.15, 0.2) is 0 Å². The van der Waals surface area contributed by atoms with Gasteiger partial charge in [0, 0.05) is 19.6 Å². The van der Waals surface area contributed by atoms with Gasteiger partial charge in [-0.1, -0.05) is 37.6 Å². The monoisotopic (exact) mass is 258 g/mol. The Bertz CT molecular complexity index is 391. The molecule has 0 saturated carbocycles. The van der Waals surface area contributed by atoms with Crippen LogP contribution in [0.4, 0.5) is 0 Å². The highest BCUT2D eigenvalue weighted by Gasteiger charge is 2.34. The lowest BCUT2D eigenvalue weighted by molar-refractivity contribution is 0.0994. The van der Waals surface area contributed by atoms with Crippen LogP contribution in [0.2, 0.25) is 0 Å². The van der Waals surface area contributed by atoms with Crippen molar-refractivity contribution in [1.29, 1.82) is 0 Å². The van der Waals surface area contributed by atoms with E-state index in [0.29, 0.717) is 5.41 Å². The van der Waals surface area contributed by atoms with Crippen molar-refractivity contribution >= 4 is 0 Å². The summed E-state index contributed by atoms with van der Waals surface area (Å²) < 4.78 is 0. The summed E-state index contributed by atoms with van der Waals surface area (Å²) in [6.07, 6.45) is 5.42.